The second-order valence-electron chi connectivity index (χ2n) is 9.41. The van der Waals surface area contributed by atoms with Crippen LogP contribution in [0.1, 0.15) is 65.5 Å². The molecule has 1 N–H and O–H groups in total. The second kappa shape index (κ2) is 5.84. The van der Waals surface area contributed by atoms with Crippen molar-refractivity contribution in [2.24, 2.45) is 16.2 Å². The highest BCUT2D eigenvalue weighted by molar-refractivity contribution is 6.49. The van der Waals surface area contributed by atoms with Crippen LogP contribution in [0.5, 0.6) is 0 Å². The van der Waals surface area contributed by atoms with Crippen molar-refractivity contribution in [1.82, 2.24) is 0 Å². The fraction of sp³-hybridized carbons (Fsp3) is 0.320. The average molecular weight is 415 g/mol. The van der Waals surface area contributed by atoms with Crippen molar-refractivity contribution >= 4 is 34.7 Å². The van der Waals surface area contributed by atoms with Gasteiger partial charge in [-0.05, 0) is 24.3 Å². The van der Waals surface area contributed by atoms with E-state index in [1.165, 1.54) is 0 Å². The van der Waals surface area contributed by atoms with E-state index in [-0.39, 0.29) is 40.4 Å². The summed E-state index contributed by atoms with van der Waals surface area (Å²) >= 11 is 0. The lowest BCUT2D eigenvalue weighted by molar-refractivity contribution is -0.147. The maximum absolute atomic E-state index is 13.5. The van der Waals surface area contributed by atoms with Gasteiger partial charge in [-0.1, -0.05) is 57.2 Å². The Labute approximate surface area is 179 Å². The van der Waals surface area contributed by atoms with Gasteiger partial charge in [-0.15, -0.1) is 0 Å². The lowest BCUT2D eigenvalue weighted by Crippen LogP contribution is -2.48. The van der Waals surface area contributed by atoms with Crippen molar-refractivity contribution in [2.75, 3.05) is 5.32 Å². The number of hydrogen-bond donors (Lipinski definition) is 1. The Balaban J connectivity index is 1.60. The van der Waals surface area contributed by atoms with E-state index in [1.807, 2.05) is 0 Å². The van der Waals surface area contributed by atoms with E-state index in [0.717, 1.165) is 0 Å². The Kier molecular flexibility index (Phi) is 3.68. The van der Waals surface area contributed by atoms with Crippen molar-refractivity contribution in [3.8, 4) is 0 Å². The molecule has 2 bridgehead atoms. The van der Waals surface area contributed by atoms with Crippen molar-refractivity contribution < 1.29 is 24.0 Å². The minimum atomic E-state index is -1.48. The van der Waals surface area contributed by atoms with Crippen molar-refractivity contribution in [1.29, 1.82) is 0 Å². The number of carbonyl (C=O) groups is 5. The third-order valence-corrected chi connectivity index (χ3v) is 8.13. The first kappa shape index (κ1) is 19.5. The van der Waals surface area contributed by atoms with Gasteiger partial charge >= 0.3 is 0 Å². The lowest BCUT2D eigenvalue weighted by atomic mass is 9.64. The molecule has 0 radical (unpaired) electrons. The summed E-state index contributed by atoms with van der Waals surface area (Å²) in [6.07, 6.45) is 0.729. The van der Waals surface area contributed by atoms with Crippen LogP contribution < -0.4 is 5.32 Å². The highest BCUT2D eigenvalue weighted by Crippen LogP contribution is 2.69. The molecule has 2 aromatic rings. The van der Waals surface area contributed by atoms with Crippen LogP contribution in [0.3, 0.4) is 0 Å². The van der Waals surface area contributed by atoms with Gasteiger partial charge in [-0.2, -0.15) is 0 Å². The largest absolute Gasteiger partial charge is 0.324 e. The monoisotopic (exact) mass is 415 g/mol. The molecule has 0 aromatic heterocycles. The molecule has 1 amide bonds. The molecule has 6 heteroatoms. The zero-order chi connectivity index (χ0) is 22.3. The van der Waals surface area contributed by atoms with E-state index in [4.69, 9.17) is 0 Å². The Morgan fingerprint density at radius 1 is 0.774 bits per heavy atom. The standard InChI is InChI=1S/C25H21NO5/c1-23(2)24(3)11-12-25(23,21(30)20(24)29)22(31)26-16-10-6-9-15-17(16)19(28)14-8-5-4-7-13(14)18(15)27/h4-10H,11-12H2,1-3H3,(H,26,31). The number of amides is 1. The molecule has 2 aromatic carbocycles. The van der Waals surface area contributed by atoms with E-state index < -0.39 is 33.7 Å². The number of nitrogens with one attached hydrogen (secondary N) is 1. The van der Waals surface area contributed by atoms with Crippen molar-refractivity contribution in [3.05, 3.63) is 64.7 Å². The van der Waals surface area contributed by atoms with Crippen LogP contribution in [-0.2, 0) is 14.4 Å². The number of carbonyl (C=O) groups excluding carboxylic acids is 5. The molecule has 2 fully saturated rings. The summed E-state index contributed by atoms with van der Waals surface area (Å²) in [5, 5.41) is 2.75. The Morgan fingerprint density at radius 3 is 2.00 bits per heavy atom. The zero-order valence-corrected chi connectivity index (χ0v) is 17.5. The maximum atomic E-state index is 13.5. The van der Waals surface area contributed by atoms with Gasteiger partial charge in [-0.25, -0.2) is 0 Å². The molecule has 0 heterocycles. The normalized spacial score (nSPS) is 27.8. The Hall–Kier alpha value is -3.41. The van der Waals surface area contributed by atoms with Gasteiger partial charge < -0.3 is 5.32 Å². The van der Waals surface area contributed by atoms with Crippen molar-refractivity contribution in [2.45, 2.75) is 33.6 Å². The summed E-state index contributed by atoms with van der Waals surface area (Å²) in [5.41, 5.74) is -2.12. The quantitative estimate of drug-likeness (QED) is 0.511. The summed E-state index contributed by atoms with van der Waals surface area (Å²) in [4.78, 5) is 65.4. The summed E-state index contributed by atoms with van der Waals surface area (Å²) in [6, 6.07) is 11.3. The van der Waals surface area contributed by atoms with Crippen LogP contribution in [0.2, 0.25) is 0 Å². The number of rotatable bonds is 2. The van der Waals surface area contributed by atoms with E-state index in [9.17, 15) is 24.0 Å². The van der Waals surface area contributed by atoms with Crippen LogP contribution in [-0.4, -0.2) is 29.0 Å². The Bertz CT molecular complexity index is 1260. The third kappa shape index (κ3) is 2.05. The number of ketones is 4. The molecule has 0 aliphatic heterocycles. The van der Waals surface area contributed by atoms with Crippen LogP contribution in [0.15, 0.2) is 42.5 Å². The van der Waals surface area contributed by atoms with Gasteiger partial charge in [0.2, 0.25) is 17.5 Å². The molecule has 3 aliphatic carbocycles. The first-order chi connectivity index (χ1) is 14.6. The number of hydrogen-bond acceptors (Lipinski definition) is 5. The zero-order valence-electron chi connectivity index (χ0n) is 17.5. The van der Waals surface area contributed by atoms with Gasteiger partial charge in [0.1, 0.15) is 5.41 Å². The summed E-state index contributed by atoms with van der Waals surface area (Å²) in [7, 11) is 0. The van der Waals surface area contributed by atoms with Gasteiger partial charge in [0.25, 0.3) is 0 Å². The van der Waals surface area contributed by atoms with Crippen molar-refractivity contribution in [3.63, 3.8) is 0 Å². The van der Waals surface area contributed by atoms with Gasteiger partial charge in [0.05, 0.1) is 11.3 Å². The lowest BCUT2D eigenvalue weighted by Gasteiger charge is -2.37. The van der Waals surface area contributed by atoms with Crippen LogP contribution in [0.4, 0.5) is 5.69 Å². The topological polar surface area (TPSA) is 97.4 Å². The first-order valence-corrected chi connectivity index (χ1v) is 10.3. The molecule has 31 heavy (non-hydrogen) atoms. The molecule has 156 valence electrons. The maximum Gasteiger partial charge on any atom is 0.239 e. The number of fused-ring (bicyclic) bond motifs is 4. The summed E-state index contributed by atoms with van der Waals surface area (Å²) in [6.45, 7) is 5.32. The fourth-order valence-corrected chi connectivity index (χ4v) is 5.75. The molecule has 5 rings (SSSR count). The molecule has 3 aliphatic rings. The van der Waals surface area contributed by atoms with Crippen LogP contribution >= 0.6 is 0 Å². The molecular weight excluding hydrogens is 394 g/mol. The molecule has 2 unspecified atom stereocenters. The molecule has 6 nitrogen and oxygen atoms in total. The van der Waals surface area contributed by atoms with E-state index in [2.05, 4.69) is 5.32 Å². The van der Waals surface area contributed by atoms with Gasteiger partial charge in [0, 0.05) is 22.1 Å². The summed E-state index contributed by atoms with van der Waals surface area (Å²) in [5.74, 6) is -2.41. The first-order valence-electron chi connectivity index (χ1n) is 10.3. The molecule has 2 atom stereocenters. The highest BCUT2D eigenvalue weighted by Gasteiger charge is 2.77. The predicted molar refractivity (Wildman–Crippen MR) is 112 cm³/mol. The van der Waals surface area contributed by atoms with Gasteiger partial charge in [-0.3, -0.25) is 24.0 Å². The number of anilines is 1. The number of Topliss-reactive ketones (excluding diaryl/α,β-unsaturated/α-hetero) is 2. The van der Waals surface area contributed by atoms with Crippen LogP contribution in [0.25, 0.3) is 0 Å². The smallest absolute Gasteiger partial charge is 0.239 e. The van der Waals surface area contributed by atoms with Gasteiger partial charge in [0.15, 0.2) is 11.6 Å². The minimum absolute atomic E-state index is 0.117. The number of benzene rings is 2. The van der Waals surface area contributed by atoms with E-state index >= 15 is 0 Å². The molecule has 2 saturated carbocycles. The Morgan fingerprint density at radius 2 is 1.39 bits per heavy atom. The van der Waals surface area contributed by atoms with Crippen LogP contribution in [0, 0.1) is 16.2 Å². The second-order valence-corrected chi connectivity index (χ2v) is 9.41. The highest BCUT2D eigenvalue weighted by atomic mass is 16.2. The fourth-order valence-electron chi connectivity index (χ4n) is 5.75. The average Bonchev–Trinajstić information content (AvgIpc) is 3.03. The molecule has 0 saturated heterocycles. The van der Waals surface area contributed by atoms with E-state index in [0.29, 0.717) is 12.0 Å². The summed E-state index contributed by atoms with van der Waals surface area (Å²) < 4.78 is 0. The predicted octanol–water partition coefficient (Wildman–Crippen LogP) is 3.37. The minimum Gasteiger partial charge on any atom is -0.324 e. The molecular formula is C25H21NO5. The SMILES string of the molecule is CC12CCC(C(=O)Nc3cccc4c3C(=O)c3ccccc3C4=O)(C(=O)C1=O)C2(C)C. The third-order valence-electron chi connectivity index (χ3n) is 8.13. The molecule has 0 spiro atoms. The van der Waals surface area contributed by atoms with E-state index in [1.54, 1.807) is 63.2 Å².